The van der Waals surface area contributed by atoms with Gasteiger partial charge in [-0.3, -0.25) is 4.79 Å². The number of hydrogen-bond acceptors (Lipinski definition) is 5. The van der Waals surface area contributed by atoms with Crippen molar-refractivity contribution >= 4 is 15.7 Å². The lowest BCUT2D eigenvalue weighted by molar-refractivity contribution is 0.0949. The average Bonchev–Trinajstić information content (AvgIpc) is 3.06. The highest BCUT2D eigenvalue weighted by molar-refractivity contribution is 7.89. The van der Waals surface area contributed by atoms with Crippen LogP contribution in [0.3, 0.4) is 0 Å². The highest BCUT2D eigenvalue weighted by Gasteiger charge is 2.17. The standard InChI is InChI=1S/C15H18N4O3S/c1-23(21,22)10-11-4-2-5-12(8-11)15(20)16-9-14-18-17-13-6-3-7-19(13)14/h2,4-5,8H,3,6-7,9-10H2,1H3,(H,16,20). The Labute approximate surface area is 134 Å². The Balaban J connectivity index is 1.67. The van der Waals surface area contributed by atoms with Crippen molar-refractivity contribution in [1.82, 2.24) is 20.1 Å². The zero-order valence-electron chi connectivity index (χ0n) is 12.8. The summed E-state index contributed by atoms with van der Waals surface area (Å²) in [5.74, 6) is 1.38. The molecule has 0 bridgehead atoms. The second kappa shape index (κ2) is 6.11. The van der Waals surface area contributed by atoms with E-state index >= 15 is 0 Å². The topological polar surface area (TPSA) is 93.9 Å². The molecular weight excluding hydrogens is 316 g/mol. The number of aromatic nitrogens is 3. The van der Waals surface area contributed by atoms with Gasteiger partial charge in [-0.25, -0.2) is 8.42 Å². The maximum atomic E-state index is 12.2. The Kier molecular flexibility index (Phi) is 4.16. The van der Waals surface area contributed by atoms with Gasteiger partial charge in [-0.2, -0.15) is 0 Å². The Hall–Kier alpha value is -2.22. The number of fused-ring (bicyclic) bond motifs is 1. The third kappa shape index (κ3) is 3.76. The largest absolute Gasteiger partial charge is 0.345 e. The van der Waals surface area contributed by atoms with Gasteiger partial charge < -0.3 is 9.88 Å². The quantitative estimate of drug-likeness (QED) is 0.868. The van der Waals surface area contributed by atoms with Gasteiger partial charge in [0.25, 0.3) is 5.91 Å². The van der Waals surface area contributed by atoms with Crippen molar-refractivity contribution in [3.8, 4) is 0 Å². The molecule has 0 aliphatic carbocycles. The summed E-state index contributed by atoms with van der Waals surface area (Å²) in [5, 5.41) is 11.0. The molecule has 8 heteroatoms. The molecule has 2 aromatic rings. The molecule has 1 aliphatic rings. The number of nitrogens with one attached hydrogen (secondary N) is 1. The summed E-state index contributed by atoms with van der Waals surface area (Å²) in [7, 11) is -3.13. The first-order chi connectivity index (χ1) is 10.9. The number of rotatable bonds is 5. The molecule has 1 amide bonds. The maximum absolute atomic E-state index is 12.2. The van der Waals surface area contributed by atoms with Gasteiger partial charge in [0, 0.05) is 24.8 Å². The molecule has 2 heterocycles. The SMILES string of the molecule is CS(=O)(=O)Cc1cccc(C(=O)NCc2nnc3n2CCC3)c1. The van der Waals surface area contributed by atoms with Crippen molar-refractivity contribution in [1.29, 1.82) is 0 Å². The lowest BCUT2D eigenvalue weighted by Gasteiger charge is -2.07. The van der Waals surface area contributed by atoms with E-state index in [1.54, 1.807) is 24.3 Å². The van der Waals surface area contributed by atoms with Gasteiger partial charge in [-0.15, -0.1) is 10.2 Å². The maximum Gasteiger partial charge on any atom is 0.251 e. The summed E-state index contributed by atoms with van der Waals surface area (Å²) < 4.78 is 24.7. The van der Waals surface area contributed by atoms with E-state index < -0.39 is 9.84 Å². The molecule has 7 nitrogen and oxygen atoms in total. The van der Waals surface area contributed by atoms with Crippen LogP contribution in [-0.2, 0) is 35.1 Å². The summed E-state index contributed by atoms with van der Waals surface area (Å²) in [5.41, 5.74) is 1.04. The van der Waals surface area contributed by atoms with Crippen LogP contribution in [0.4, 0.5) is 0 Å². The first-order valence-electron chi connectivity index (χ1n) is 7.38. The van der Waals surface area contributed by atoms with Crippen molar-refractivity contribution in [3.05, 3.63) is 47.0 Å². The Morgan fingerprint density at radius 3 is 2.96 bits per heavy atom. The van der Waals surface area contributed by atoms with E-state index in [1.807, 2.05) is 4.57 Å². The number of hydrogen-bond donors (Lipinski definition) is 1. The van der Waals surface area contributed by atoms with Gasteiger partial charge in [0.15, 0.2) is 15.7 Å². The van der Waals surface area contributed by atoms with Gasteiger partial charge in [-0.1, -0.05) is 12.1 Å². The van der Waals surface area contributed by atoms with Crippen LogP contribution in [0.25, 0.3) is 0 Å². The van der Waals surface area contributed by atoms with Crippen LogP contribution in [0.1, 0.15) is 34.0 Å². The molecule has 3 rings (SSSR count). The molecular formula is C15H18N4O3S. The van der Waals surface area contributed by atoms with Crippen LogP contribution >= 0.6 is 0 Å². The first-order valence-corrected chi connectivity index (χ1v) is 9.44. The van der Waals surface area contributed by atoms with Crippen molar-refractivity contribution in [2.24, 2.45) is 0 Å². The van der Waals surface area contributed by atoms with Crippen molar-refractivity contribution < 1.29 is 13.2 Å². The number of benzene rings is 1. The minimum absolute atomic E-state index is 0.0776. The molecule has 1 N–H and O–H groups in total. The van der Waals surface area contributed by atoms with Crippen LogP contribution in [0.2, 0.25) is 0 Å². The summed E-state index contributed by atoms with van der Waals surface area (Å²) in [6, 6.07) is 6.65. The lowest BCUT2D eigenvalue weighted by atomic mass is 10.1. The van der Waals surface area contributed by atoms with E-state index in [1.165, 1.54) is 6.26 Å². The average molecular weight is 334 g/mol. The van der Waals surface area contributed by atoms with E-state index in [4.69, 9.17) is 0 Å². The van der Waals surface area contributed by atoms with Crippen LogP contribution in [0.5, 0.6) is 0 Å². The predicted molar refractivity (Wildman–Crippen MR) is 84.5 cm³/mol. The Bertz CT molecular complexity index is 842. The summed E-state index contributed by atoms with van der Waals surface area (Å²) in [4.78, 5) is 12.2. The number of nitrogens with zero attached hydrogens (tertiary/aromatic N) is 3. The monoisotopic (exact) mass is 334 g/mol. The highest BCUT2D eigenvalue weighted by Crippen LogP contribution is 2.14. The van der Waals surface area contributed by atoms with Gasteiger partial charge >= 0.3 is 0 Å². The van der Waals surface area contributed by atoms with Crippen molar-refractivity contribution in [2.75, 3.05) is 6.26 Å². The fourth-order valence-corrected chi connectivity index (χ4v) is 3.49. The Morgan fingerprint density at radius 2 is 2.17 bits per heavy atom. The number of sulfone groups is 1. The fourth-order valence-electron chi connectivity index (χ4n) is 2.71. The van der Waals surface area contributed by atoms with E-state index in [0.29, 0.717) is 17.7 Å². The number of amides is 1. The molecule has 0 fully saturated rings. The molecule has 1 aromatic heterocycles. The molecule has 0 saturated carbocycles. The van der Waals surface area contributed by atoms with E-state index in [9.17, 15) is 13.2 Å². The molecule has 0 saturated heterocycles. The second-order valence-electron chi connectivity index (χ2n) is 5.74. The zero-order chi connectivity index (χ0) is 16.4. The molecule has 0 atom stereocenters. The normalized spacial score (nSPS) is 13.8. The number of carbonyl (C=O) groups is 1. The van der Waals surface area contributed by atoms with Gasteiger partial charge in [-0.05, 0) is 24.1 Å². The minimum Gasteiger partial charge on any atom is -0.345 e. The van der Waals surface area contributed by atoms with Crippen LogP contribution < -0.4 is 5.32 Å². The summed E-state index contributed by atoms with van der Waals surface area (Å²) in [6.07, 6.45) is 3.15. The minimum atomic E-state index is -3.13. The van der Waals surface area contributed by atoms with E-state index in [0.717, 1.165) is 31.0 Å². The smallest absolute Gasteiger partial charge is 0.251 e. The predicted octanol–water partition coefficient (Wildman–Crippen LogP) is 0.699. The lowest BCUT2D eigenvalue weighted by Crippen LogP contribution is -2.24. The second-order valence-corrected chi connectivity index (χ2v) is 7.88. The number of carbonyl (C=O) groups excluding carboxylic acids is 1. The summed E-state index contributed by atoms with van der Waals surface area (Å²) in [6.45, 7) is 1.19. The van der Waals surface area contributed by atoms with Gasteiger partial charge in [0.2, 0.25) is 0 Å². The Morgan fingerprint density at radius 1 is 1.35 bits per heavy atom. The van der Waals surface area contributed by atoms with Gasteiger partial charge in [0.1, 0.15) is 5.82 Å². The van der Waals surface area contributed by atoms with E-state index in [-0.39, 0.29) is 11.7 Å². The van der Waals surface area contributed by atoms with Crippen molar-refractivity contribution in [2.45, 2.75) is 31.7 Å². The van der Waals surface area contributed by atoms with Crippen LogP contribution in [0, 0.1) is 0 Å². The van der Waals surface area contributed by atoms with Gasteiger partial charge in [0.05, 0.1) is 12.3 Å². The molecule has 122 valence electrons. The third-order valence-corrected chi connectivity index (χ3v) is 4.57. The fraction of sp³-hybridized carbons (Fsp3) is 0.400. The third-order valence-electron chi connectivity index (χ3n) is 3.71. The zero-order valence-corrected chi connectivity index (χ0v) is 13.6. The highest BCUT2D eigenvalue weighted by atomic mass is 32.2. The molecule has 23 heavy (non-hydrogen) atoms. The molecule has 0 spiro atoms. The molecule has 0 radical (unpaired) electrons. The molecule has 0 unspecified atom stereocenters. The van der Waals surface area contributed by atoms with Crippen LogP contribution in [-0.4, -0.2) is 35.3 Å². The van der Waals surface area contributed by atoms with E-state index in [2.05, 4.69) is 15.5 Å². The number of aryl methyl sites for hydroxylation is 1. The van der Waals surface area contributed by atoms with Crippen molar-refractivity contribution in [3.63, 3.8) is 0 Å². The summed E-state index contributed by atoms with van der Waals surface area (Å²) >= 11 is 0. The molecule has 1 aromatic carbocycles. The molecule has 1 aliphatic heterocycles. The first kappa shape index (κ1) is 15.7. The van der Waals surface area contributed by atoms with Crippen LogP contribution in [0.15, 0.2) is 24.3 Å².